The zero-order chi connectivity index (χ0) is 19.6. The summed E-state index contributed by atoms with van der Waals surface area (Å²) < 4.78 is 6.11. The van der Waals surface area contributed by atoms with Crippen molar-refractivity contribution in [3.8, 4) is 16.3 Å². The van der Waals surface area contributed by atoms with Gasteiger partial charge >= 0.3 is 0 Å². The number of aromatic hydroxyl groups is 1. The Labute approximate surface area is 162 Å². The lowest BCUT2D eigenvalue weighted by Gasteiger charge is -2.06. The molecule has 0 aliphatic heterocycles. The number of phenols is 1. The second-order valence-electron chi connectivity index (χ2n) is 6.10. The fourth-order valence-corrected chi connectivity index (χ4v) is 4.07. The summed E-state index contributed by atoms with van der Waals surface area (Å²) in [6.07, 6.45) is 1.75. The molecule has 27 heavy (non-hydrogen) atoms. The number of nitrogens with zero attached hydrogens (tertiary/aromatic N) is 3. The summed E-state index contributed by atoms with van der Waals surface area (Å²) in [7, 11) is 1.65. The van der Waals surface area contributed by atoms with Gasteiger partial charge in [0.25, 0.3) is 0 Å². The zero-order valence-corrected chi connectivity index (χ0v) is 17.0. The van der Waals surface area contributed by atoms with Crippen LogP contribution in [0.25, 0.3) is 31.8 Å². The maximum absolute atomic E-state index is 9.83. The van der Waals surface area contributed by atoms with Gasteiger partial charge in [0.05, 0.1) is 39.7 Å². The summed E-state index contributed by atoms with van der Waals surface area (Å²) in [6, 6.07) is 7.59. The van der Waals surface area contributed by atoms with Gasteiger partial charge in [-0.05, 0) is 49.2 Å². The summed E-state index contributed by atoms with van der Waals surface area (Å²) in [5.74, 6) is 0.262. The first kappa shape index (κ1) is 19.2. The van der Waals surface area contributed by atoms with E-state index in [1.54, 1.807) is 36.8 Å². The van der Waals surface area contributed by atoms with Crippen molar-refractivity contribution in [2.24, 2.45) is 0 Å². The van der Waals surface area contributed by atoms with Gasteiger partial charge in [0.2, 0.25) is 0 Å². The van der Waals surface area contributed by atoms with Gasteiger partial charge in [0, 0.05) is 12.7 Å². The quantitative estimate of drug-likeness (QED) is 0.514. The van der Waals surface area contributed by atoms with Crippen LogP contribution in [0.1, 0.15) is 30.7 Å². The average Bonchev–Trinajstić information content (AvgIpc) is 3.07. The van der Waals surface area contributed by atoms with Gasteiger partial charge in [-0.15, -0.1) is 11.3 Å². The summed E-state index contributed by atoms with van der Waals surface area (Å²) in [5.41, 5.74) is 6.41. The van der Waals surface area contributed by atoms with Crippen molar-refractivity contribution in [3.05, 3.63) is 47.3 Å². The van der Waals surface area contributed by atoms with E-state index in [0.29, 0.717) is 6.61 Å². The molecule has 2 aromatic carbocycles. The number of aryl methyl sites for hydroxylation is 2. The van der Waals surface area contributed by atoms with Crippen molar-refractivity contribution in [1.82, 2.24) is 15.0 Å². The molecule has 0 radical (unpaired) electrons. The van der Waals surface area contributed by atoms with Crippen LogP contribution in [0.15, 0.2) is 30.5 Å². The standard InChI is InChI=1S/C19H17N3O2S.C2H6/c1-10-4-14(18-15(5-10)21-12(8-20-18)9-24-3)19-22-17-11(2)6-13(23)7-16(17)25-19;1-2/h4-8,23H,9H2,1-3H3;1-2H3. The second kappa shape index (κ2) is 7.98. The fraction of sp³-hybridized carbons (Fsp3) is 0.286. The van der Waals surface area contributed by atoms with Crippen molar-refractivity contribution >= 4 is 32.6 Å². The Bertz CT molecular complexity index is 1110. The predicted molar refractivity (Wildman–Crippen MR) is 111 cm³/mol. The molecule has 4 rings (SSSR count). The molecule has 0 saturated heterocycles. The van der Waals surface area contributed by atoms with Crippen molar-refractivity contribution in [1.29, 1.82) is 0 Å². The number of rotatable bonds is 3. The fourth-order valence-electron chi connectivity index (χ4n) is 2.98. The van der Waals surface area contributed by atoms with Gasteiger partial charge in [-0.25, -0.2) is 9.97 Å². The maximum atomic E-state index is 9.83. The van der Waals surface area contributed by atoms with Crippen LogP contribution in [-0.4, -0.2) is 27.2 Å². The first-order valence-corrected chi connectivity index (χ1v) is 9.72. The van der Waals surface area contributed by atoms with E-state index in [2.05, 4.69) is 16.0 Å². The van der Waals surface area contributed by atoms with Crippen molar-refractivity contribution in [2.75, 3.05) is 7.11 Å². The number of phenolic OH excluding ortho intramolecular Hbond substituents is 1. The average molecular weight is 382 g/mol. The van der Waals surface area contributed by atoms with E-state index in [0.717, 1.165) is 48.6 Å². The number of ether oxygens (including phenoxy) is 1. The Morgan fingerprint density at radius 3 is 2.56 bits per heavy atom. The van der Waals surface area contributed by atoms with E-state index in [1.165, 1.54) is 0 Å². The second-order valence-corrected chi connectivity index (χ2v) is 7.13. The summed E-state index contributed by atoms with van der Waals surface area (Å²) in [6.45, 7) is 8.43. The molecule has 0 unspecified atom stereocenters. The molecule has 4 aromatic rings. The maximum Gasteiger partial charge on any atom is 0.126 e. The van der Waals surface area contributed by atoms with Crippen LogP contribution >= 0.6 is 11.3 Å². The van der Waals surface area contributed by atoms with Crippen LogP contribution in [0.2, 0.25) is 0 Å². The molecular formula is C21H23N3O2S. The summed E-state index contributed by atoms with van der Waals surface area (Å²) in [4.78, 5) is 14.0. The molecule has 0 aliphatic carbocycles. The first-order chi connectivity index (χ1) is 13.0. The smallest absolute Gasteiger partial charge is 0.126 e. The van der Waals surface area contributed by atoms with Crippen LogP contribution in [0.4, 0.5) is 0 Å². The minimum atomic E-state index is 0.262. The zero-order valence-electron chi connectivity index (χ0n) is 16.2. The molecule has 0 fully saturated rings. The number of hydrogen-bond donors (Lipinski definition) is 1. The van der Waals surface area contributed by atoms with Crippen LogP contribution in [0, 0.1) is 13.8 Å². The van der Waals surface area contributed by atoms with Crippen LogP contribution in [0.5, 0.6) is 5.75 Å². The third-order valence-electron chi connectivity index (χ3n) is 4.03. The Morgan fingerprint density at radius 1 is 1.04 bits per heavy atom. The van der Waals surface area contributed by atoms with E-state index in [1.807, 2.05) is 33.8 Å². The number of methoxy groups -OCH3 is 1. The monoisotopic (exact) mass is 381 g/mol. The molecule has 1 N–H and O–H groups in total. The number of benzene rings is 2. The van der Waals surface area contributed by atoms with E-state index in [4.69, 9.17) is 9.72 Å². The molecular weight excluding hydrogens is 358 g/mol. The Morgan fingerprint density at radius 2 is 1.81 bits per heavy atom. The van der Waals surface area contributed by atoms with Crippen molar-refractivity contribution < 1.29 is 9.84 Å². The highest BCUT2D eigenvalue weighted by atomic mass is 32.1. The molecule has 0 bridgehead atoms. The van der Waals surface area contributed by atoms with Gasteiger partial charge in [-0.3, -0.25) is 4.98 Å². The van der Waals surface area contributed by atoms with Gasteiger partial charge in [0.1, 0.15) is 10.8 Å². The van der Waals surface area contributed by atoms with Crippen LogP contribution in [-0.2, 0) is 11.3 Å². The van der Waals surface area contributed by atoms with E-state index >= 15 is 0 Å². The van der Waals surface area contributed by atoms with E-state index in [9.17, 15) is 5.11 Å². The van der Waals surface area contributed by atoms with Gasteiger partial charge < -0.3 is 9.84 Å². The number of hydrogen-bond acceptors (Lipinski definition) is 6. The van der Waals surface area contributed by atoms with E-state index in [-0.39, 0.29) is 5.75 Å². The minimum Gasteiger partial charge on any atom is -0.508 e. The highest BCUT2D eigenvalue weighted by Gasteiger charge is 2.14. The Hall–Kier alpha value is -2.57. The third kappa shape index (κ3) is 3.77. The summed E-state index contributed by atoms with van der Waals surface area (Å²) >= 11 is 1.55. The lowest BCUT2D eigenvalue weighted by Crippen LogP contribution is -1.96. The highest BCUT2D eigenvalue weighted by molar-refractivity contribution is 7.21. The normalized spacial score (nSPS) is 10.9. The molecule has 0 saturated carbocycles. The van der Waals surface area contributed by atoms with Crippen LogP contribution < -0.4 is 0 Å². The van der Waals surface area contributed by atoms with Crippen LogP contribution in [0.3, 0.4) is 0 Å². The molecule has 6 heteroatoms. The largest absolute Gasteiger partial charge is 0.508 e. The lowest BCUT2D eigenvalue weighted by atomic mass is 10.1. The highest BCUT2D eigenvalue weighted by Crippen LogP contribution is 2.36. The molecule has 0 spiro atoms. The minimum absolute atomic E-state index is 0.262. The number of aromatic nitrogens is 3. The number of thiazole rings is 1. The van der Waals surface area contributed by atoms with Gasteiger partial charge in [0.15, 0.2) is 0 Å². The molecule has 2 heterocycles. The molecule has 0 atom stereocenters. The molecule has 5 nitrogen and oxygen atoms in total. The van der Waals surface area contributed by atoms with Gasteiger partial charge in [-0.2, -0.15) is 0 Å². The summed E-state index contributed by atoms with van der Waals surface area (Å²) in [5, 5.41) is 10.7. The Kier molecular flexibility index (Phi) is 5.68. The first-order valence-electron chi connectivity index (χ1n) is 8.91. The molecule has 0 aliphatic rings. The van der Waals surface area contributed by atoms with Crippen molar-refractivity contribution in [2.45, 2.75) is 34.3 Å². The Balaban J connectivity index is 0.00000102. The predicted octanol–water partition coefficient (Wildman–Crippen LogP) is 5.40. The van der Waals surface area contributed by atoms with E-state index < -0.39 is 0 Å². The molecule has 2 aromatic heterocycles. The topological polar surface area (TPSA) is 68.1 Å². The third-order valence-corrected chi connectivity index (χ3v) is 5.07. The lowest BCUT2D eigenvalue weighted by molar-refractivity contribution is 0.181. The van der Waals surface area contributed by atoms with Crippen molar-refractivity contribution in [3.63, 3.8) is 0 Å². The molecule has 140 valence electrons. The SMILES string of the molecule is CC.COCc1cnc2c(-c3nc4c(C)cc(O)cc4s3)cc(C)cc2n1. The number of fused-ring (bicyclic) bond motifs is 2. The molecule has 0 amide bonds. The van der Waals surface area contributed by atoms with Gasteiger partial charge in [-0.1, -0.05) is 13.8 Å².